The zero-order valence-corrected chi connectivity index (χ0v) is 11.2. The van der Waals surface area contributed by atoms with E-state index in [-0.39, 0.29) is 5.56 Å². The van der Waals surface area contributed by atoms with Crippen molar-refractivity contribution in [3.8, 4) is 0 Å². The molecule has 9 nitrogen and oxygen atoms in total. The molecule has 9 heteroatoms. The number of nitrogens with one attached hydrogen (secondary N) is 2. The van der Waals surface area contributed by atoms with E-state index in [1.165, 1.54) is 18.5 Å². The van der Waals surface area contributed by atoms with Crippen LogP contribution in [0.4, 0.5) is 10.5 Å². The molecule has 2 aromatic rings. The fourth-order valence-electron chi connectivity index (χ4n) is 1.53. The molecule has 0 unspecified atom stereocenters. The van der Waals surface area contributed by atoms with Gasteiger partial charge in [0.25, 0.3) is 0 Å². The van der Waals surface area contributed by atoms with E-state index in [0.717, 1.165) is 0 Å². The molecule has 0 spiro atoms. The van der Waals surface area contributed by atoms with Crippen molar-refractivity contribution >= 4 is 17.7 Å². The molecule has 21 heavy (non-hydrogen) atoms. The maximum atomic E-state index is 11.6. The largest absolute Gasteiger partial charge is 0.478 e. The van der Waals surface area contributed by atoms with E-state index < -0.39 is 12.0 Å². The molecular formula is C12H13N5O4. The first kappa shape index (κ1) is 14.4. The van der Waals surface area contributed by atoms with Gasteiger partial charge in [-0.2, -0.15) is 4.98 Å². The van der Waals surface area contributed by atoms with Gasteiger partial charge in [-0.3, -0.25) is 4.98 Å². The molecule has 0 radical (unpaired) electrons. The number of carboxylic acids is 1. The van der Waals surface area contributed by atoms with Gasteiger partial charge in [-0.05, 0) is 13.0 Å². The third-order valence-electron chi connectivity index (χ3n) is 2.44. The highest BCUT2D eigenvalue weighted by Crippen LogP contribution is 2.08. The Hall–Kier alpha value is -2.97. The second-order valence-electron chi connectivity index (χ2n) is 4.13. The number of hydrogen-bond donors (Lipinski definition) is 3. The van der Waals surface area contributed by atoms with E-state index in [4.69, 9.17) is 9.63 Å². The number of amides is 2. The average molecular weight is 291 g/mol. The molecule has 0 bridgehead atoms. The monoisotopic (exact) mass is 291 g/mol. The molecule has 2 heterocycles. The second kappa shape index (κ2) is 6.46. The van der Waals surface area contributed by atoms with Gasteiger partial charge in [-0.1, -0.05) is 5.16 Å². The average Bonchev–Trinajstić information content (AvgIpc) is 2.84. The highest BCUT2D eigenvalue weighted by Gasteiger charge is 2.07. The van der Waals surface area contributed by atoms with Crippen LogP contribution in [-0.4, -0.2) is 38.8 Å². The van der Waals surface area contributed by atoms with Crippen LogP contribution in [0.25, 0.3) is 0 Å². The lowest BCUT2D eigenvalue weighted by Gasteiger charge is -2.06. The lowest BCUT2D eigenvalue weighted by molar-refractivity contribution is 0.0696. The number of nitrogens with zero attached hydrogens (tertiary/aromatic N) is 3. The summed E-state index contributed by atoms with van der Waals surface area (Å²) >= 11 is 0. The normalized spacial score (nSPS) is 10.1. The minimum atomic E-state index is -1.11. The van der Waals surface area contributed by atoms with Gasteiger partial charge in [0.15, 0.2) is 5.82 Å². The van der Waals surface area contributed by atoms with Crippen molar-refractivity contribution in [1.29, 1.82) is 0 Å². The van der Waals surface area contributed by atoms with Gasteiger partial charge in [0.1, 0.15) is 0 Å². The van der Waals surface area contributed by atoms with Gasteiger partial charge >= 0.3 is 12.0 Å². The van der Waals surface area contributed by atoms with Gasteiger partial charge in [-0.15, -0.1) is 0 Å². The van der Waals surface area contributed by atoms with Crippen molar-refractivity contribution in [2.45, 2.75) is 13.3 Å². The van der Waals surface area contributed by atoms with Gasteiger partial charge < -0.3 is 20.3 Å². The summed E-state index contributed by atoms with van der Waals surface area (Å²) in [6.45, 7) is 2.01. The molecule has 0 saturated heterocycles. The first-order chi connectivity index (χ1) is 10.0. The molecule has 2 rings (SSSR count). The third-order valence-corrected chi connectivity index (χ3v) is 2.44. The maximum absolute atomic E-state index is 11.6. The van der Waals surface area contributed by atoms with Crippen LogP contribution in [-0.2, 0) is 6.42 Å². The number of anilines is 1. The molecule has 2 amide bonds. The van der Waals surface area contributed by atoms with Crippen molar-refractivity contribution in [3.63, 3.8) is 0 Å². The number of carboxylic acid groups (broad SMARTS) is 1. The van der Waals surface area contributed by atoms with E-state index in [1.54, 1.807) is 6.92 Å². The molecule has 0 aromatic carbocycles. The second-order valence-corrected chi connectivity index (χ2v) is 4.13. The van der Waals surface area contributed by atoms with Crippen molar-refractivity contribution in [3.05, 3.63) is 35.7 Å². The molecule has 0 fully saturated rings. The van der Waals surface area contributed by atoms with Crippen LogP contribution < -0.4 is 10.6 Å². The van der Waals surface area contributed by atoms with Crippen LogP contribution in [0.15, 0.2) is 23.0 Å². The first-order valence-electron chi connectivity index (χ1n) is 6.07. The summed E-state index contributed by atoms with van der Waals surface area (Å²) in [5, 5.41) is 17.5. The van der Waals surface area contributed by atoms with Crippen LogP contribution in [0.5, 0.6) is 0 Å². The SMILES string of the molecule is Cc1noc(CCNC(=O)Nc2cncc(C(=O)O)c2)n1. The summed E-state index contributed by atoms with van der Waals surface area (Å²) in [6.07, 6.45) is 2.96. The quantitative estimate of drug-likeness (QED) is 0.743. The molecule has 110 valence electrons. The Morgan fingerprint density at radius 1 is 1.38 bits per heavy atom. The summed E-state index contributed by atoms with van der Waals surface area (Å²) in [5.74, 6) is -0.147. The maximum Gasteiger partial charge on any atom is 0.337 e. The fourth-order valence-corrected chi connectivity index (χ4v) is 1.53. The zero-order valence-electron chi connectivity index (χ0n) is 11.2. The van der Waals surface area contributed by atoms with Crippen molar-refractivity contribution in [2.75, 3.05) is 11.9 Å². The molecule has 0 aliphatic carbocycles. The smallest absolute Gasteiger partial charge is 0.337 e. The minimum Gasteiger partial charge on any atom is -0.478 e. The zero-order chi connectivity index (χ0) is 15.2. The summed E-state index contributed by atoms with van der Waals surface area (Å²) in [5.41, 5.74) is 0.287. The number of aromatic carboxylic acids is 1. The van der Waals surface area contributed by atoms with Crippen molar-refractivity contribution in [1.82, 2.24) is 20.4 Å². The van der Waals surface area contributed by atoms with Gasteiger partial charge in [-0.25, -0.2) is 9.59 Å². The number of carbonyl (C=O) groups is 2. The number of carbonyl (C=O) groups excluding carboxylic acids is 1. The van der Waals surface area contributed by atoms with E-state index in [1.807, 2.05) is 0 Å². The van der Waals surface area contributed by atoms with Gasteiger partial charge in [0.05, 0.1) is 17.4 Å². The lowest BCUT2D eigenvalue weighted by Crippen LogP contribution is -2.30. The summed E-state index contributed by atoms with van der Waals surface area (Å²) < 4.78 is 4.90. The minimum absolute atomic E-state index is 0.00543. The molecule has 0 atom stereocenters. The van der Waals surface area contributed by atoms with Crippen molar-refractivity contribution in [2.24, 2.45) is 0 Å². The molecular weight excluding hydrogens is 278 g/mol. The summed E-state index contributed by atoms with van der Waals surface area (Å²) in [4.78, 5) is 30.1. The van der Waals surface area contributed by atoms with E-state index in [0.29, 0.717) is 30.4 Å². The first-order valence-corrected chi connectivity index (χ1v) is 6.07. The predicted octanol–water partition coefficient (Wildman–Crippen LogP) is 0.835. The molecule has 3 N–H and O–H groups in total. The Kier molecular flexibility index (Phi) is 4.44. The Balaban J connectivity index is 1.81. The standard InChI is InChI=1S/C12H13N5O4/c1-7-15-10(21-17-7)2-3-14-12(20)16-9-4-8(11(18)19)5-13-6-9/h4-6H,2-3H2,1H3,(H,18,19)(H2,14,16,20). The van der Waals surface area contributed by atoms with Crippen LogP contribution in [0, 0.1) is 6.92 Å². The third kappa shape index (κ3) is 4.27. The number of aryl methyl sites for hydroxylation is 1. The number of urea groups is 1. The van der Waals surface area contributed by atoms with Crippen LogP contribution in [0.1, 0.15) is 22.1 Å². The lowest BCUT2D eigenvalue weighted by atomic mass is 10.3. The van der Waals surface area contributed by atoms with Crippen LogP contribution in [0.2, 0.25) is 0 Å². The Morgan fingerprint density at radius 3 is 2.86 bits per heavy atom. The topological polar surface area (TPSA) is 130 Å². The number of hydrogen-bond acceptors (Lipinski definition) is 6. The molecule has 0 aliphatic heterocycles. The van der Waals surface area contributed by atoms with Crippen LogP contribution >= 0.6 is 0 Å². The molecule has 0 saturated carbocycles. The number of rotatable bonds is 5. The highest BCUT2D eigenvalue weighted by atomic mass is 16.5. The molecule has 0 aliphatic rings. The van der Waals surface area contributed by atoms with E-state index in [2.05, 4.69) is 25.8 Å². The summed E-state index contributed by atoms with van der Waals surface area (Å²) in [6, 6.07) is 0.839. The number of pyridine rings is 1. The number of aromatic nitrogens is 3. The predicted molar refractivity (Wildman–Crippen MR) is 71.0 cm³/mol. The summed E-state index contributed by atoms with van der Waals surface area (Å²) in [7, 11) is 0. The highest BCUT2D eigenvalue weighted by molar-refractivity contribution is 5.92. The van der Waals surface area contributed by atoms with Crippen LogP contribution in [0.3, 0.4) is 0 Å². The Bertz CT molecular complexity index is 655. The molecule has 2 aromatic heterocycles. The Labute approximate surface area is 119 Å². The Morgan fingerprint density at radius 2 is 2.19 bits per heavy atom. The van der Waals surface area contributed by atoms with Crippen molar-refractivity contribution < 1.29 is 19.2 Å². The van der Waals surface area contributed by atoms with E-state index >= 15 is 0 Å². The van der Waals surface area contributed by atoms with Gasteiger partial charge in [0, 0.05) is 19.2 Å². The fraction of sp³-hybridized carbons (Fsp3) is 0.250. The van der Waals surface area contributed by atoms with Gasteiger partial charge in [0.2, 0.25) is 5.89 Å². The van der Waals surface area contributed by atoms with E-state index in [9.17, 15) is 9.59 Å².